The summed E-state index contributed by atoms with van der Waals surface area (Å²) in [6, 6.07) is 2.37. The molecule has 0 bridgehead atoms. The van der Waals surface area contributed by atoms with Crippen LogP contribution in [0.3, 0.4) is 0 Å². The van der Waals surface area contributed by atoms with E-state index in [9.17, 15) is 0 Å². The van der Waals surface area contributed by atoms with E-state index in [-0.39, 0.29) is 0 Å². The minimum atomic E-state index is 0.759. The molecule has 0 aromatic rings. The zero-order valence-electron chi connectivity index (χ0n) is 12.6. The molecule has 1 saturated heterocycles. The molecule has 0 aromatic carbocycles. The number of likely N-dealkylation sites (tertiary alicyclic amines) is 1. The molecule has 4 unspecified atom stereocenters. The normalized spacial score (nSPS) is 38.8. The zero-order valence-corrected chi connectivity index (χ0v) is 12.6. The number of nitrogens with one attached hydrogen (secondary N) is 1. The number of nitrogens with zero attached hydrogens (tertiary/aromatic N) is 1. The number of hydrogen-bond acceptors (Lipinski definition) is 2. The van der Waals surface area contributed by atoms with Crippen LogP contribution in [0.1, 0.15) is 65.7 Å². The molecule has 2 nitrogen and oxygen atoms in total. The Morgan fingerprint density at radius 1 is 1.11 bits per heavy atom. The predicted molar refractivity (Wildman–Crippen MR) is 78.9 cm³/mol. The van der Waals surface area contributed by atoms with Crippen molar-refractivity contribution in [2.45, 2.75) is 83.8 Å². The quantitative estimate of drug-likeness (QED) is 0.825. The fourth-order valence-electron chi connectivity index (χ4n) is 3.99. The Labute approximate surface area is 114 Å². The van der Waals surface area contributed by atoms with E-state index in [0.29, 0.717) is 0 Å². The second-order valence-corrected chi connectivity index (χ2v) is 6.63. The van der Waals surface area contributed by atoms with E-state index in [1.165, 1.54) is 58.0 Å². The van der Waals surface area contributed by atoms with Crippen molar-refractivity contribution in [1.29, 1.82) is 0 Å². The molecule has 2 aliphatic rings. The summed E-state index contributed by atoms with van der Waals surface area (Å²) in [5.74, 6) is 0.932. The van der Waals surface area contributed by atoms with E-state index >= 15 is 0 Å². The molecule has 106 valence electrons. The van der Waals surface area contributed by atoms with Crippen LogP contribution in [-0.4, -0.2) is 36.1 Å². The monoisotopic (exact) mass is 252 g/mol. The largest absolute Gasteiger partial charge is 0.312 e. The van der Waals surface area contributed by atoms with Gasteiger partial charge >= 0.3 is 0 Å². The lowest BCUT2D eigenvalue weighted by molar-refractivity contribution is 0.0439. The molecule has 0 radical (unpaired) electrons. The summed E-state index contributed by atoms with van der Waals surface area (Å²) in [6.45, 7) is 9.66. The van der Waals surface area contributed by atoms with Crippen molar-refractivity contribution in [3.05, 3.63) is 0 Å². The summed E-state index contributed by atoms with van der Waals surface area (Å²) in [5.41, 5.74) is 0. The summed E-state index contributed by atoms with van der Waals surface area (Å²) < 4.78 is 0. The SMILES string of the molecule is CCCNC1CCCCC1N1CCC(C)CC1C. The van der Waals surface area contributed by atoms with Gasteiger partial charge in [-0.3, -0.25) is 4.90 Å². The van der Waals surface area contributed by atoms with Gasteiger partial charge in [0, 0.05) is 18.1 Å². The van der Waals surface area contributed by atoms with Gasteiger partial charge in [-0.2, -0.15) is 0 Å². The highest BCUT2D eigenvalue weighted by molar-refractivity contribution is 4.92. The second kappa shape index (κ2) is 6.91. The first kappa shape index (κ1) is 14.3. The van der Waals surface area contributed by atoms with Gasteiger partial charge in [0.05, 0.1) is 0 Å². The Morgan fingerprint density at radius 3 is 2.61 bits per heavy atom. The lowest BCUT2D eigenvalue weighted by Gasteiger charge is -2.46. The lowest BCUT2D eigenvalue weighted by atomic mass is 9.84. The minimum Gasteiger partial charge on any atom is -0.312 e. The van der Waals surface area contributed by atoms with Crippen LogP contribution in [-0.2, 0) is 0 Å². The third-order valence-electron chi connectivity index (χ3n) is 5.00. The van der Waals surface area contributed by atoms with Crippen molar-refractivity contribution in [2.75, 3.05) is 13.1 Å². The van der Waals surface area contributed by atoms with E-state index < -0.39 is 0 Å². The Morgan fingerprint density at radius 2 is 1.89 bits per heavy atom. The molecule has 1 aliphatic carbocycles. The highest BCUT2D eigenvalue weighted by Gasteiger charge is 2.34. The molecule has 2 rings (SSSR count). The number of hydrogen-bond donors (Lipinski definition) is 1. The van der Waals surface area contributed by atoms with E-state index in [1.54, 1.807) is 0 Å². The first-order chi connectivity index (χ1) is 8.72. The Bertz CT molecular complexity index is 241. The third-order valence-corrected chi connectivity index (χ3v) is 5.00. The van der Waals surface area contributed by atoms with Crippen LogP contribution in [0, 0.1) is 5.92 Å². The Kier molecular flexibility index (Phi) is 5.50. The summed E-state index contributed by atoms with van der Waals surface area (Å²) in [4.78, 5) is 2.83. The summed E-state index contributed by atoms with van der Waals surface area (Å²) >= 11 is 0. The van der Waals surface area contributed by atoms with Crippen LogP contribution in [0.5, 0.6) is 0 Å². The van der Waals surface area contributed by atoms with E-state index in [2.05, 4.69) is 31.0 Å². The lowest BCUT2D eigenvalue weighted by Crippen LogP contribution is -2.56. The molecule has 2 heteroatoms. The third kappa shape index (κ3) is 3.48. The molecule has 4 atom stereocenters. The van der Waals surface area contributed by atoms with Gasteiger partial charge in [-0.1, -0.05) is 26.7 Å². The Balaban J connectivity index is 1.94. The topological polar surface area (TPSA) is 15.3 Å². The van der Waals surface area contributed by atoms with Gasteiger partial charge in [0.2, 0.25) is 0 Å². The molecule has 0 aromatic heterocycles. The van der Waals surface area contributed by atoms with E-state index in [4.69, 9.17) is 0 Å². The van der Waals surface area contributed by atoms with Gasteiger partial charge in [-0.05, 0) is 58.0 Å². The zero-order chi connectivity index (χ0) is 13.0. The highest BCUT2D eigenvalue weighted by Crippen LogP contribution is 2.30. The van der Waals surface area contributed by atoms with Crippen molar-refractivity contribution in [3.63, 3.8) is 0 Å². The molecule has 0 amide bonds. The smallest absolute Gasteiger partial charge is 0.0252 e. The standard InChI is InChI=1S/C16H32N2/c1-4-10-17-15-7-5-6-8-16(15)18-11-9-13(2)12-14(18)3/h13-17H,4-12H2,1-3H3. The molecule has 1 N–H and O–H groups in total. The molecular weight excluding hydrogens is 220 g/mol. The van der Waals surface area contributed by atoms with Crippen LogP contribution in [0.25, 0.3) is 0 Å². The van der Waals surface area contributed by atoms with Crippen molar-refractivity contribution < 1.29 is 0 Å². The van der Waals surface area contributed by atoms with Crippen molar-refractivity contribution >= 4 is 0 Å². The Hall–Kier alpha value is -0.0800. The molecule has 18 heavy (non-hydrogen) atoms. The van der Waals surface area contributed by atoms with Gasteiger partial charge < -0.3 is 5.32 Å². The number of rotatable bonds is 4. The minimum absolute atomic E-state index is 0.759. The molecule has 2 fully saturated rings. The van der Waals surface area contributed by atoms with Gasteiger partial charge in [0.15, 0.2) is 0 Å². The molecule has 1 saturated carbocycles. The molecular formula is C16H32N2. The van der Waals surface area contributed by atoms with Crippen LogP contribution in [0.4, 0.5) is 0 Å². The number of piperidine rings is 1. The van der Waals surface area contributed by atoms with Gasteiger partial charge in [0.1, 0.15) is 0 Å². The highest BCUT2D eigenvalue weighted by atomic mass is 15.2. The molecule has 0 spiro atoms. The van der Waals surface area contributed by atoms with Crippen LogP contribution < -0.4 is 5.32 Å². The van der Waals surface area contributed by atoms with Crippen molar-refractivity contribution in [3.8, 4) is 0 Å². The van der Waals surface area contributed by atoms with Crippen LogP contribution in [0.15, 0.2) is 0 Å². The van der Waals surface area contributed by atoms with Gasteiger partial charge in [0.25, 0.3) is 0 Å². The van der Waals surface area contributed by atoms with Crippen LogP contribution in [0.2, 0.25) is 0 Å². The first-order valence-electron chi connectivity index (χ1n) is 8.21. The predicted octanol–water partition coefficient (Wildman–Crippen LogP) is 3.42. The first-order valence-corrected chi connectivity index (χ1v) is 8.21. The maximum Gasteiger partial charge on any atom is 0.0252 e. The summed E-state index contributed by atoms with van der Waals surface area (Å²) in [7, 11) is 0. The summed E-state index contributed by atoms with van der Waals surface area (Å²) in [5, 5.41) is 3.81. The van der Waals surface area contributed by atoms with Gasteiger partial charge in [-0.15, -0.1) is 0 Å². The second-order valence-electron chi connectivity index (χ2n) is 6.63. The summed E-state index contributed by atoms with van der Waals surface area (Å²) in [6.07, 6.45) is 9.74. The van der Waals surface area contributed by atoms with Crippen molar-refractivity contribution in [1.82, 2.24) is 10.2 Å². The average Bonchev–Trinajstić information content (AvgIpc) is 2.37. The fourth-order valence-corrected chi connectivity index (χ4v) is 3.99. The van der Waals surface area contributed by atoms with Crippen LogP contribution >= 0.6 is 0 Å². The van der Waals surface area contributed by atoms with Crippen molar-refractivity contribution in [2.24, 2.45) is 5.92 Å². The average molecular weight is 252 g/mol. The molecule has 1 aliphatic heterocycles. The maximum absolute atomic E-state index is 3.81. The van der Waals surface area contributed by atoms with Gasteiger partial charge in [-0.25, -0.2) is 0 Å². The molecule has 1 heterocycles. The van der Waals surface area contributed by atoms with E-state index in [1.807, 2.05) is 0 Å². The van der Waals surface area contributed by atoms with E-state index in [0.717, 1.165) is 24.0 Å². The maximum atomic E-state index is 3.81. The fraction of sp³-hybridized carbons (Fsp3) is 1.00.